The lowest BCUT2D eigenvalue weighted by Gasteiger charge is -2.23. The van der Waals surface area contributed by atoms with Gasteiger partial charge in [-0.15, -0.1) is 9.24 Å². The SMILES string of the molecule is Cc1cn(CC2CCCCC2)c(=O)c2cc(F)c(-c3ncc(C(P)I)cn3)cc12. The molecule has 0 radical (unpaired) electrons. The van der Waals surface area contributed by atoms with Crippen molar-refractivity contribution in [2.45, 2.75) is 49.2 Å². The van der Waals surface area contributed by atoms with Crippen LogP contribution in [-0.4, -0.2) is 14.5 Å². The van der Waals surface area contributed by atoms with E-state index in [9.17, 15) is 9.18 Å². The van der Waals surface area contributed by atoms with E-state index in [0.29, 0.717) is 22.7 Å². The van der Waals surface area contributed by atoms with Crippen LogP contribution in [0, 0.1) is 18.7 Å². The molecular formula is C22H24FIN3OP. The molecule has 152 valence electrons. The number of hydrogen-bond acceptors (Lipinski definition) is 3. The molecule has 2 aromatic heterocycles. The number of alkyl halides is 1. The molecule has 0 saturated heterocycles. The standard InChI is InChI=1S/C22H24FIN3OP/c1-13-11-27(12-14-5-3-2-4-6-14)22(28)17-8-19(23)18(7-16(13)17)21-25-9-15(10-26-21)20(24)29/h7-11,14,20H,2-6,12,29H2,1H3. The minimum atomic E-state index is -0.464. The number of fused-ring (bicyclic) bond motifs is 1. The van der Waals surface area contributed by atoms with Gasteiger partial charge in [-0.05, 0) is 48.8 Å². The van der Waals surface area contributed by atoms with Crippen molar-refractivity contribution in [2.75, 3.05) is 0 Å². The molecule has 1 saturated carbocycles. The van der Waals surface area contributed by atoms with Crippen LogP contribution in [0.25, 0.3) is 22.2 Å². The van der Waals surface area contributed by atoms with Crippen LogP contribution in [0.2, 0.25) is 0 Å². The van der Waals surface area contributed by atoms with Gasteiger partial charge in [0.05, 0.1) is 14.6 Å². The van der Waals surface area contributed by atoms with Crippen LogP contribution in [0.4, 0.5) is 4.39 Å². The smallest absolute Gasteiger partial charge is 0.258 e. The average Bonchev–Trinajstić information content (AvgIpc) is 2.72. The van der Waals surface area contributed by atoms with Gasteiger partial charge in [-0.1, -0.05) is 41.9 Å². The lowest BCUT2D eigenvalue weighted by Crippen LogP contribution is -2.25. The van der Waals surface area contributed by atoms with Gasteiger partial charge in [0, 0.05) is 30.7 Å². The molecule has 0 spiro atoms. The van der Waals surface area contributed by atoms with Gasteiger partial charge in [0.1, 0.15) is 5.82 Å². The molecule has 2 unspecified atom stereocenters. The number of nitrogens with zero attached hydrogens (tertiary/aromatic N) is 3. The Balaban J connectivity index is 1.75. The minimum absolute atomic E-state index is 0.117. The highest BCUT2D eigenvalue weighted by atomic mass is 127. The Hall–Kier alpha value is -1.40. The van der Waals surface area contributed by atoms with Crippen molar-refractivity contribution >= 4 is 42.6 Å². The van der Waals surface area contributed by atoms with Crippen LogP contribution in [0.5, 0.6) is 0 Å². The lowest BCUT2D eigenvalue weighted by atomic mass is 9.89. The van der Waals surface area contributed by atoms with Crippen LogP contribution in [0.3, 0.4) is 0 Å². The van der Waals surface area contributed by atoms with Crippen molar-refractivity contribution in [1.82, 2.24) is 14.5 Å². The zero-order valence-electron chi connectivity index (χ0n) is 16.4. The van der Waals surface area contributed by atoms with E-state index in [2.05, 4.69) is 41.8 Å². The molecule has 1 fully saturated rings. The third kappa shape index (κ3) is 4.38. The largest absolute Gasteiger partial charge is 0.314 e. The molecule has 7 heteroatoms. The first kappa shape index (κ1) is 20.9. The van der Waals surface area contributed by atoms with Gasteiger partial charge in [-0.3, -0.25) is 4.79 Å². The molecule has 1 aliphatic rings. The molecule has 3 aromatic rings. The summed E-state index contributed by atoms with van der Waals surface area (Å²) in [5, 5.41) is 1.19. The van der Waals surface area contributed by atoms with Gasteiger partial charge in [-0.25, -0.2) is 14.4 Å². The van der Waals surface area contributed by atoms with Gasteiger partial charge >= 0.3 is 0 Å². The van der Waals surface area contributed by atoms with Gasteiger partial charge in [0.2, 0.25) is 0 Å². The number of hydrogen-bond donors (Lipinski definition) is 0. The second-order valence-corrected chi connectivity index (χ2v) is 11.3. The normalized spacial score (nSPS) is 16.3. The summed E-state index contributed by atoms with van der Waals surface area (Å²) in [4.78, 5) is 21.7. The summed E-state index contributed by atoms with van der Waals surface area (Å²) in [7, 11) is 2.68. The van der Waals surface area contributed by atoms with Crippen LogP contribution in [0.1, 0.15) is 46.9 Å². The van der Waals surface area contributed by atoms with E-state index in [0.717, 1.165) is 23.1 Å². The van der Waals surface area contributed by atoms with Gasteiger partial charge in [-0.2, -0.15) is 0 Å². The maximum absolute atomic E-state index is 14.9. The first-order valence-corrected chi connectivity index (χ1v) is 11.9. The zero-order chi connectivity index (χ0) is 20.5. The van der Waals surface area contributed by atoms with Crippen LogP contribution in [-0.2, 0) is 6.54 Å². The molecular weight excluding hydrogens is 499 g/mol. The molecule has 0 aliphatic heterocycles. The quantitative estimate of drug-likeness (QED) is 0.247. The Morgan fingerprint density at radius 2 is 1.90 bits per heavy atom. The topological polar surface area (TPSA) is 47.8 Å². The third-order valence-electron chi connectivity index (χ3n) is 5.78. The van der Waals surface area contributed by atoms with E-state index >= 15 is 0 Å². The van der Waals surface area contributed by atoms with E-state index in [1.54, 1.807) is 23.0 Å². The number of aromatic nitrogens is 3. The summed E-state index contributed by atoms with van der Waals surface area (Å²) < 4.78 is 16.9. The molecule has 1 aliphatic carbocycles. The first-order valence-electron chi connectivity index (χ1n) is 9.99. The van der Waals surface area contributed by atoms with E-state index in [1.807, 2.05) is 13.1 Å². The van der Waals surface area contributed by atoms with E-state index < -0.39 is 5.82 Å². The predicted octanol–water partition coefficient (Wildman–Crippen LogP) is 5.80. The Morgan fingerprint density at radius 3 is 2.55 bits per heavy atom. The number of pyridine rings is 1. The van der Waals surface area contributed by atoms with Crippen molar-refractivity contribution in [3.8, 4) is 11.4 Å². The number of aryl methyl sites for hydroxylation is 1. The molecule has 4 rings (SSSR count). The van der Waals surface area contributed by atoms with Crippen molar-refractivity contribution in [1.29, 1.82) is 0 Å². The monoisotopic (exact) mass is 523 g/mol. The van der Waals surface area contributed by atoms with E-state index in [-0.39, 0.29) is 9.22 Å². The number of rotatable bonds is 4. The van der Waals surface area contributed by atoms with E-state index in [4.69, 9.17) is 0 Å². The van der Waals surface area contributed by atoms with E-state index in [1.165, 1.54) is 38.2 Å². The van der Waals surface area contributed by atoms with Crippen LogP contribution < -0.4 is 5.56 Å². The molecule has 4 nitrogen and oxygen atoms in total. The summed E-state index contributed by atoms with van der Waals surface area (Å²) >= 11 is 2.26. The molecule has 0 bridgehead atoms. The molecule has 0 N–H and O–H groups in total. The number of benzene rings is 1. The second kappa shape index (κ2) is 8.76. The van der Waals surface area contributed by atoms with Crippen molar-refractivity contribution in [2.24, 2.45) is 5.92 Å². The zero-order valence-corrected chi connectivity index (χ0v) is 19.7. The molecule has 0 amide bonds. The predicted molar refractivity (Wildman–Crippen MR) is 127 cm³/mol. The summed E-state index contributed by atoms with van der Waals surface area (Å²) in [5.41, 5.74) is 2.13. The van der Waals surface area contributed by atoms with Gasteiger partial charge in [0.25, 0.3) is 5.56 Å². The maximum Gasteiger partial charge on any atom is 0.258 e. The fraction of sp³-hybridized carbons (Fsp3) is 0.409. The van der Waals surface area contributed by atoms with Crippen molar-refractivity contribution < 1.29 is 4.39 Å². The molecule has 29 heavy (non-hydrogen) atoms. The molecule has 1 aromatic carbocycles. The van der Waals surface area contributed by atoms with Crippen LogP contribution in [0.15, 0.2) is 35.5 Å². The van der Waals surface area contributed by atoms with Crippen molar-refractivity contribution in [3.05, 3.63) is 58.0 Å². The highest BCUT2D eigenvalue weighted by Crippen LogP contribution is 2.31. The Kier molecular flexibility index (Phi) is 6.30. The Bertz CT molecular complexity index is 1090. The fourth-order valence-corrected chi connectivity index (χ4v) is 4.66. The lowest BCUT2D eigenvalue weighted by molar-refractivity contribution is 0.316. The van der Waals surface area contributed by atoms with Crippen molar-refractivity contribution in [3.63, 3.8) is 0 Å². The minimum Gasteiger partial charge on any atom is -0.314 e. The highest BCUT2D eigenvalue weighted by Gasteiger charge is 2.18. The summed E-state index contributed by atoms with van der Waals surface area (Å²) in [6, 6.07) is 3.06. The third-order valence-corrected chi connectivity index (χ3v) is 6.89. The average molecular weight is 523 g/mol. The first-order chi connectivity index (χ1) is 13.9. The Morgan fingerprint density at radius 1 is 1.21 bits per heavy atom. The Labute approximate surface area is 185 Å². The van der Waals surface area contributed by atoms with Gasteiger partial charge in [0.15, 0.2) is 5.82 Å². The summed E-state index contributed by atoms with van der Waals surface area (Å²) in [5.74, 6) is 0.405. The van der Waals surface area contributed by atoms with Gasteiger partial charge < -0.3 is 4.57 Å². The summed E-state index contributed by atoms with van der Waals surface area (Å²) in [6.45, 7) is 2.69. The highest BCUT2D eigenvalue weighted by molar-refractivity contribution is 14.1. The summed E-state index contributed by atoms with van der Waals surface area (Å²) in [6.07, 6.45) is 11.4. The maximum atomic E-state index is 14.9. The number of halogens is 2. The van der Waals surface area contributed by atoms with Crippen LogP contribution >= 0.6 is 31.8 Å². The molecule has 2 atom stereocenters. The second-order valence-electron chi connectivity index (χ2n) is 7.89. The fourth-order valence-electron chi connectivity index (χ4n) is 4.17. The molecule has 2 heterocycles.